The second-order valence-electron chi connectivity index (χ2n) is 8.14. The highest BCUT2D eigenvalue weighted by Gasteiger charge is 2.25. The first-order valence-corrected chi connectivity index (χ1v) is 11.9. The number of hydrogen-bond acceptors (Lipinski definition) is 6. The summed E-state index contributed by atoms with van der Waals surface area (Å²) in [6, 6.07) is 15.3. The van der Waals surface area contributed by atoms with Crippen molar-refractivity contribution in [1.29, 1.82) is 0 Å². The minimum absolute atomic E-state index is 0.291. The van der Waals surface area contributed by atoms with Gasteiger partial charge in [0.1, 0.15) is 10.8 Å². The lowest BCUT2D eigenvalue weighted by Crippen LogP contribution is -2.47. The zero-order valence-corrected chi connectivity index (χ0v) is 19.7. The summed E-state index contributed by atoms with van der Waals surface area (Å²) in [4.78, 5) is 9.66. The minimum atomic E-state index is -0.291. The number of halogens is 1. The highest BCUT2D eigenvalue weighted by Crippen LogP contribution is 2.30. The molecule has 0 N–H and O–H groups in total. The number of nitrogens with zero attached hydrogens (tertiary/aromatic N) is 6. The van der Waals surface area contributed by atoms with Gasteiger partial charge in [0.15, 0.2) is 10.6 Å². The van der Waals surface area contributed by atoms with E-state index in [0.717, 1.165) is 31.7 Å². The maximum absolute atomic E-state index is 14.3. The Morgan fingerprint density at radius 3 is 2.53 bits per heavy atom. The van der Waals surface area contributed by atoms with E-state index >= 15 is 0 Å². The van der Waals surface area contributed by atoms with E-state index in [-0.39, 0.29) is 5.82 Å². The fraction of sp³-hybridized carbons (Fsp3) is 0.348. The van der Waals surface area contributed by atoms with Crippen LogP contribution in [0.2, 0.25) is 0 Å². The number of thiazole rings is 1. The Kier molecular flexibility index (Phi) is 5.90. The smallest absolute Gasteiger partial charge is 0.199 e. The zero-order chi connectivity index (χ0) is 22.2. The van der Waals surface area contributed by atoms with Crippen LogP contribution in [-0.4, -0.2) is 55.3 Å². The molecular formula is C23H25FN6S2. The predicted octanol–water partition coefficient (Wildman–Crippen LogP) is 4.70. The van der Waals surface area contributed by atoms with Crippen molar-refractivity contribution in [2.24, 2.45) is 7.05 Å². The molecule has 166 valence electrons. The van der Waals surface area contributed by atoms with Gasteiger partial charge in [-0.2, -0.15) is 5.10 Å². The van der Waals surface area contributed by atoms with Crippen molar-refractivity contribution in [2.45, 2.75) is 19.6 Å². The van der Waals surface area contributed by atoms with E-state index in [9.17, 15) is 4.39 Å². The van der Waals surface area contributed by atoms with Gasteiger partial charge in [0.25, 0.3) is 0 Å². The number of para-hydroxylation sites is 1. The Bertz CT molecular complexity index is 1270. The van der Waals surface area contributed by atoms with Crippen LogP contribution in [-0.2, 0) is 13.7 Å². The van der Waals surface area contributed by atoms with Gasteiger partial charge in [-0.1, -0.05) is 24.3 Å². The number of piperazine rings is 1. The van der Waals surface area contributed by atoms with Crippen molar-refractivity contribution >= 4 is 33.8 Å². The molecule has 4 aromatic rings. The maximum Gasteiger partial charge on any atom is 0.199 e. The largest absolute Gasteiger partial charge is 0.303 e. The molecule has 1 unspecified atom stereocenters. The maximum atomic E-state index is 14.3. The van der Waals surface area contributed by atoms with Gasteiger partial charge in [0, 0.05) is 33.2 Å². The molecule has 0 saturated carbocycles. The molecule has 2 aromatic carbocycles. The molecule has 6 nitrogen and oxygen atoms in total. The van der Waals surface area contributed by atoms with Crippen LogP contribution in [0.4, 0.5) is 4.39 Å². The standard InChI is InChI=1S/C23H25FN6S2/c1-16(22-25-19-9-5-6-10-20(19)32-22)29-13-11-28(12-14-29)15-30-23(31)27(2)21(26-30)17-7-3-4-8-18(17)24/h3-10,16H,11-15H2,1-2H3. The van der Waals surface area contributed by atoms with Gasteiger partial charge in [0.2, 0.25) is 0 Å². The third-order valence-electron chi connectivity index (χ3n) is 6.11. The molecule has 2 aromatic heterocycles. The molecule has 32 heavy (non-hydrogen) atoms. The molecule has 0 radical (unpaired) electrons. The number of hydrogen-bond donors (Lipinski definition) is 0. The van der Waals surface area contributed by atoms with Crippen molar-refractivity contribution in [3.05, 3.63) is 64.1 Å². The highest BCUT2D eigenvalue weighted by molar-refractivity contribution is 7.71. The van der Waals surface area contributed by atoms with Crippen LogP contribution in [0.25, 0.3) is 21.6 Å². The minimum Gasteiger partial charge on any atom is -0.303 e. The van der Waals surface area contributed by atoms with Crippen LogP contribution in [0.1, 0.15) is 18.0 Å². The second kappa shape index (κ2) is 8.82. The molecule has 1 fully saturated rings. The summed E-state index contributed by atoms with van der Waals surface area (Å²) in [5.74, 6) is 0.261. The lowest BCUT2D eigenvalue weighted by molar-refractivity contribution is 0.0788. The number of fused-ring (bicyclic) bond motifs is 1. The first-order valence-electron chi connectivity index (χ1n) is 10.7. The van der Waals surface area contributed by atoms with Gasteiger partial charge in [-0.05, 0) is 43.4 Å². The first kappa shape index (κ1) is 21.4. The van der Waals surface area contributed by atoms with E-state index in [2.05, 4.69) is 40.0 Å². The quantitative estimate of drug-likeness (QED) is 0.397. The highest BCUT2D eigenvalue weighted by atomic mass is 32.1. The number of rotatable bonds is 5. The SMILES string of the molecule is CC(c1nc2ccccc2s1)N1CCN(Cn2nc(-c3ccccc3F)n(C)c2=S)CC1. The van der Waals surface area contributed by atoms with Crippen LogP contribution in [0.15, 0.2) is 48.5 Å². The third kappa shape index (κ3) is 4.01. The Labute approximate surface area is 195 Å². The van der Waals surface area contributed by atoms with Gasteiger partial charge in [-0.3, -0.25) is 9.80 Å². The van der Waals surface area contributed by atoms with E-state index in [0.29, 0.717) is 28.9 Å². The van der Waals surface area contributed by atoms with E-state index in [4.69, 9.17) is 17.2 Å². The van der Waals surface area contributed by atoms with Gasteiger partial charge in [-0.15, -0.1) is 11.3 Å². The van der Waals surface area contributed by atoms with Gasteiger partial charge in [0.05, 0.1) is 28.5 Å². The van der Waals surface area contributed by atoms with Crippen molar-refractivity contribution in [3.8, 4) is 11.4 Å². The third-order valence-corrected chi connectivity index (χ3v) is 7.80. The Balaban J connectivity index is 1.26. The fourth-order valence-electron chi connectivity index (χ4n) is 4.16. The van der Waals surface area contributed by atoms with Crippen LogP contribution < -0.4 is 0 Å². The normalized spacial score (nSPS) is 16.6. The van der Waals surface area contributed by atoms with E-state index in [1.807, 2.05) is 19.2 Å². The molecule has 0 aliphatic carbocycles. The molecule has 0 amide bonds. The number of aromatic nitrogens is 4. The lowest BCUT2D eigenvalue weighted by atomic mass is 10.2. The van der Waals surface area contributed by atoms with Crippen LogP contribution in [0, 0.1) is 10.6 Å². The van der Waals surface area contributed by atoms with Crippen molar-refractivity contribution in [2.75, 3.05) is 26.2 Å². The average Bonchev–Trinajstić information content (AvgIpc) is 3.36. The van der Waals surface area contributed by atoms with Crippen LogP contribution in [0.3, 0.4) is 0 Å². The van der Waals surface area contributed by atoms with Crippen LogP contribution >= 0.6 is 23.6 Å². The summed E-state index contributed by atoms with van der Waals surface area (Å²) in [6.07, 6.45) is 0. The summed E-state index contributed by atoms with van der Waals surface area (Å²) in [5.41, 5.74) is 1.54. The van der Waals surface area contributed by atoms with Gasteiger partial charge in [-0.25, -0.2) is 14.1 Å². The first-order chi connectivity index (χ1) is 15.5. The molecular weight excluding hydrogens is 443 g/mol. The summed E-state index contributed by atoms with van der Waals surface area (Å²) in [6.45, 7) is 6.59. The second-order valence-corrected chi connectivity index (χ2v) is 9.56. The number of benzene rings is 2. The molecule has 3 heterocycles. The summed E-state index contributed by atoms with van der Waals surface area (Å²) >= 11 is 7.36. The van der Waals surface area contributed by atoms with Gasteiger partial charge >= 0.3 is 0 Å². The average molecular weight is 469 g/mol. The summed E-state index contributed by atoms with van der Waals surface area (Å²) in [5, 5.41) is 5.80. The van der Waals surface area contributed by atoms with Crippen molar-refractivity contribution in [1.82, 2.24) is 29.1 Å². The van der Waals surface area contributed by atoms with Crippen LogP contribution in [0.5, 0.6) is 0 Å². The fourth-order valence-corrected chi connectivity index (χ4v) is 5.40. The van der Waals surface area contributed by atoms with Crippen molar-refractivity contribution < 1.29 is 4.39 Å². The Morgan fingerprint density at radius 1 is 1.06 bits per heavy atom. The molecule has 1 aliphatic heterocycles. The zero-order valence-electron chi connectivity index (χ0n) is 18.1. The Hall–Kier alpha value is -2.46. The Morgan fingerprint density at radius 2 is 1.78 bits per heavy atom. The molecule has 1 atom stereocenters. The molecule has 1 saturated heterocycles. The van der Waals surface area contributed by atoms with E-state index in [1.54, 1.807) is 32.7 Å². The molecule has 9 heteroatoms. The molecule has 0 spiro atoms. The summed E-state index contributed by atoms with van der Waals surface area (Å²) in [7, 11) is 1.84. The van der Waals surface area contributed by atoms with E-state index in [1.165, 1.54) is 15.8 Å². The van der Waals surface area contributed by atoms with E-state index < -0.39 is 0 Å². The van der Waals surface area contributed by atoms with Crippen molar-refractivity contribution in [3.63, 3.8) is 0 Å². The topological polar surface area (TPSA) is 42.1 Å². The van der Waals surface area contributed by atoms with Gasteiger partial charge < -0.3 is 4.57 Å². The molecule has 0 bridgehead atoms. The molecule has 5 rings (SSSR count). The lowest BCUT2D eigenvalue weighted by Gasteiger charge is -2.37. The predicted molar refractivity (Wildman–Crippen MR) is 129 cm³/mol. The molecule has 1 aliphatic rings. The summed E-state index contributed by atoms with van der Waals surface area (Å²) < 4.78 is 19.7. The monoisotopic (exact) mass is 468 g/mol.